The summed E-state index contributed by atoms with van der Waals surface area (Å²) in [5, 5.41) is 18.6. The van der Waals surface area contributed by atoms with E-state index in [2.05, 4.69) is 4.90 Å². The van der Waals surface area contributed by atoms with E-state index in [9.17, 15) is 9.90 Å². The predicted molar refractivity (Wildman–Crippen MR) is 68.4 cm³/mol. The van der Waals surface area contributed by atoms with Crippen LogP contribution >= 0.6 is 0 Å². The molecule has 1 aromatic rings. The molecule has 18 heavy (non-hydrogen) atoms. The summed E-state index contributed by atoms with van der Waals surface area (Å²) in [6.07, 6.45) is 1.36. The molecule has 1 aromatic carbocycles. The summed E-state index contributed by atoms with van der Waals surface area (Å²) in [7, 11) is 0. The molecule has 0 unspecified atom stereocenters. The molecule has 0 saturated carbocycles. The Morgan fingerprint density at radius 3 is 2.61 bits per heavy atom. The van der Waals surface area contributed by atoms with E-state index < -0.39 is 11.4 Å². The SMILES string of the molecule is CC1(C(=O)O)CCN(Cc2cccc(O)c2)CC1. The minimum atomic E-state index is -0.695. The third-order valence-corrected chi connectivity index (χ3v) is 3.79. The number of carboxylic acid groups (broad SMARTS) is 1. The van der Waals surface area contributed by atoms with Crippen LogP contribution in [0, 0.1) is 5.41 Å². The van der Waals surface area contributed by atoms with Crippen molar-refractivity contribution in [3.8, 4) is 5.75 Å². The summed E-state index contributed by atoms with van der Waals surface area (Å²) in [6.45, 7) is 4.17. The molecule has 4 nitrogen and oxygen atoms in total. The highest BCUT2D eigenvalue weighted by molar-refractivity contribution is 5.74. The number of aromatic hydroxyl groups is 1. The zero-order valence-electron chi connectivity index (χ0n) is 10.6. The number of phenolic OH excluding ortho intramolecular Hbond substituents is 1. The van der Waals surface area contributed by atoms with Crippen LogP contribution in [0.1, 0.15) is 25.3 Å². The lowest BCUT2D eigenvalue weighted by Crippen LogP contribution is -2.42. The van der Waals surface area contributed by atoms with Gasteiger partial charge in [-0.25, -0.2) is 0 Å². The second kappa shape index (κ2) is 4.98. The topological polar surface area (TPSA) is 60.8 Å². The van der Waals surface area contributed by atoms with E-state index in [0.29, 0.717) is 12.8 Å². The van der Waals surface area contributed by atoms with Gasteiger partial charge in [0.25, 0.3) is 0 Å². The van der Waals surface area contributed by atoms with Crippen LogP contribution in [-0.2, 0) is 11.3 Å². The van der Waals surface area contributed by atoms with Crippen molar-refractivity contribution in [2.45, 2.75) is 26.3 Å². The average molecular weight is 249 g/mol. The highest BCUT2D eigenvalue weighted by Gasteiger charge is 2.36. The Bertz CT molecular complexity index is 436. The van der Waals surface area contributed by atoms with Crippen molar-refractivity contribution in [2.75, 3.05) is 13.1 Å². The molecule has 1 heterocycles. The number of carbonyl (C=O) groups is 1. The number of hydrogen-bond donors (Lipinski definition) is 2. The summed E-state index contributed by atoms with van der Waals surface area (Å²) in [5.41, 5.74) is 0.490. The average Bonchev–Trinajstić information content (AvgIpc) is 2.32. The van der Waals surface area contributed by atoms with Crippen LogP contribution in [0.4, 0.5) is 0 Å². The minimum Gasteiger partial charge on any atom is -0.508 e. The lowest BCUT2D eigenvalue weighted by Gasteiger charge is -2.36. The highest BCUT2D eigenvalue weighted by atomic mass is 16.4. The van der Waals surface area contributed by atoms with Gasteiger partial charge in [-0.05, 0) is 50.6 Å². The van der Waals surface area contributed by atoms with Crippen molar-refractivity contribution >= 4 is 5.97 Å². The van der Waals surface area contributed by atoms with Crippen LogP contribution in [0.25, 0.3) is 0 Å². The Hall–Kier alpha value is -1.55. The van der Waals surface area contributed by atoms with Crippen LogP contribution < -0.4 is 0 Å². The molecule has 0 amide bonds. The molecule has 0 bridgehead atoms. The fraction of sp³-hybridized carbons (Fsp3) is 0.500. The van der Waals surface area contributed by atoms with Crippen molar-refractivity contribution in [3.63, 3.8) is 0 Å². The lowest BCUT2D eigenvalue weighted by molar-refractivity contribution is -0.150. The maximum atomic E-state index is 11.1. The molecule has 1 fully saturated rings. The van der Waals surface area contributed by atoms with Gasteiger partial charge < -0.3 is 10.2 Å². The smallest absolute Gasteiger partial charge is 0.309 e. The summed E-state index contributed by atoms with van der Waals surface area (Å²) >= 11 is 0. The first kappa shape index (κ1) is 12.9. The standard InChI is InChI=1S/C14H19NO3/c1-14(13(17)18)5-7-15(8-6-14)10-11-3-2-4-12(16)9-11/h2-4,9,16H,5-8,10H2,1H3,(H,17,18). The number of aliphatic carboxylic acids is 1. The van der Waals surface area contributed by atoms with Crippen molar-refractivity contribution in [1.29, 1.82) is 0 Å². The van der Waals surface area contributed by atoms with Crippen molar-refractivity contribution < 1.29 is 15.0 Å². The maximum absolute atomic E-state index is 11.1. The molecule has 0 radical (unpaired) electrons. The van der Waals surface area contributed by atoms with E-state index in [-0.39, 0.29) is 5.75 Å². The van der Waals surface area contributed by atoms with Crippen LogP contribution in [0.5, 0.6) is 5.75 Å². The number of hydrogen-bond acceptors (Lipinski definition) is 3. The van der Waals surface area contributed by atoms with Gasteiger partial charge in [0.05, 0.1) is 5.41 Å². The van der Waals surface area contributed by atoms with Gasteiger partial charge in [-0.15, -0.1) is 0 Å². The second-order valence-corrected chi connectivity index (χ2v) is 5.31. The third-order valence-electron chi connectivity index (χ3n) is 3.79. The predicted octanol–water partition coefficient (Wildman–Crippen LogP) is 2.08. The van der Waals surface area contributed by atoms with Crippen LogP contribution in [0.3, 0.4) is 0 Å². The van der Waals surface area contributed by atoms with Gasteiger partial charge in [-0.1, -0.05) is 12.1 Å². The number of nitrogens with zero attached hydrogens (tertiary/aromatic N) is 1. The number of carboxylic acids is 1. The van der Waals surface area contributed by atoms with Gasteiger partial charge in [0, 0.05) is 6.54 Å². The quantitative estimate of drug-likeness (QED) is 0.861. The van der Waals surface area contributed by atoms with Crippen molar-refractivity contribution in [1.82, 2.24) is 4.90 Å². The van der Waals surface area contributed by atoms with E-state index in [4.69, 9.17) is 5.11 Å². The van der Waals surface area contributed by atoms with Gasteiger partial charge in [0.1, 0.15) is 5.75 Å². The molecule has 4 heteroatoms. The number of rotatable bonds is 3. The molecule has 98 valence electrons. The molecule has 1 saturated heterocycles. The fourth-order valence-electron chi connectivity index (χ4n) is 2.33. The van der Waals surface area contributed by atoms with Gasteiger partial charge in [0.15, 0.2) is 0 Å². The number of phenols is 1. The Labute approximate surface area is 107 Å². The summed E-state index contributed by atoms with van der Waals surface area (Å²) in [6, 6.07) is 7.22. The highest BCUT2D eigenvalue weighted by Crippen LogP contribution is 2.31. The third kappa shape index (κ3) is 2.82. The Morgan fingerprint density at radius 1 is 1.39 bits per heavy atom. The van der Waals surface area contributed by atoms with E-state index >= 15 is 0 Å². The second-order valence-electron chi connectivity index (χ2n) is 5.31. The Balaban J connectivity index is 1.93. The lowest BCUT2D eigenvalue weighted by atomic mass is 9.80. The van der Waals surface area contributed by atoms with Gasteiger partial charge in [-0.3, -0.25) is 9.69 Å². The fourth-order valence-corrected chi connectivity index (χ4v) is 2.33. The van der Waals surface area contributed by atoms with E-state index in [0.717, 1.165) is 25.2 Å². The van der Waals surface area contributed by atoms with Crippen LogP contribution in [0.2, 0.25) is 0 Å². The van der Waals surface area contributed by atoms with Crippen LogP contribution in [0.15, 0.2) is 24.3 Å². The molecule has 1 aliphatic heterocycles. The largest absolute Gasteiger partial charge is 0.508 e. The number of benzene rings is 1. The number of likely N-dealkylation sites (tertiary alicyclic amines) is 1. The minimum absolute atomic E-state index is 0.278. The molecule has 2 N–H and O–H groups in total. The molecule has 2 rings (SSSR count). The van der Waals surface area contributed by atoms with Crippen LogP contribution in [-0.4, -0.2) is 34.2 Å². The van der Waals surface area contributed by atoms with Crippen molar-refractivity contribution in [2.24, 2.45) is 5.41 Å². The first-order valence-electron chi connectivity index (χ1n) is 6.23. The Kier molecular flexibility index (Phi) is 3.57. The molecular weight excluding hydrogens is 230 g/mol. The normalized spacial score (nSPS) is 19.6. The van der Waals surface area contributed by atoms with Gasteiger partial charge >= 0.3 is 5.97 Å². The number of piperidine rings is 1. The summed E-state index contributed by atoms with van der Waals surface area (Å²) in [5.74, 6) is -0.417. The Morgan fingerprint density at radius 2 is 2.06 bits per heavy atom. The molecule has 0 spiro atoms. The first-order chi connectivity index (χ1) is 8.49. The van der Waals surface area contributed by atoms with Gasteiger partial charge in [-0.2, -0.15) is 0 Å². The van der Waals surface area contributed by atoms with E-state index in [1.54, 1.807) is 12.1 Å². The van der Waals surface area contributed by atoms with Gasteiger partial charge in [0.2, 0.25) is 0 Å². The molecular formula is C14H19NO3. The maximum Gasteiger partial charge on any atom is 0.309 e. The van der Waals surface area contributed by atoms with E-state index in [1.807, 2.05) is 19.1 Å². The first-order valence-corrected chi connectivity index (χ1v) is 6.23. The zero-order chi connectivity index (χ0) is 13.2. The molecule has 0 aliphatic carbocycles. The zero-order valence-corrected chi connectivity index (χ0v) is 10.6. The molecule has 0 aromatic heterocycles. The summed E-state index contributed by atoms with van der Waals surface area (Å²) < 4.78 is 0. The summed E-state index contributed by atoms with van der Waals surface area (Å²) in [4.78, 5) is 13.4. The molecule has 1 aliphatic rings. The van der Waals surface area contributed by atoms with Crippen molar-refractivity contribution in [3.05, 3.63) is 29.8 Å². The van der Waals surface area contributed by atoms with E-state index in [1.165, 1.54) is 0 Å². The molecule has 0 atom stereocenters. The monoisotopic (exact) mass is 249 g/mol.